The van der Waals surface area contributed by atoms with Crippen molar-refractivity contribution in [2.75, 3.05) is 13.1 Å². The fourth-order valence-corrected chi connectivity index (χ4v) is 3.02. The Hall–Kier alpha value is -1.07. The summed E-state index contributed by atoms with van der Waals surface area (Å²) in [6.45, 7) is 1.78. The lowest BCUT2D eigenvalue weighted by atomic mass is 9.92. The van der Waals surface area contributed by atoms with Crippen LogP contribution in [0, 0.1) is 5.92 Å². The van der Waals surface area contributed by atoms with Crippen molar-refractivity contribution in [2.45, 2.75) is 31.7 Å². The van der Waals surface area contributed by atoms with Crippen LogP contribution in [0.4, 0.5) is 0 Å². The molecule has 1 aliphatic heterocycles. The molecule has 1 amide bonds. The van der Waals surface area contributed by atoms with E-state index in [0.29, 0.717) is 0 Å². The van der Waals surface area contributed by atoms with Crippen LogP contribution in [-0.4, -0.2) is 28.8 Å². The predicted molar refractivity (Wildman–Crippen MR) is 75.3 cm³/mol. The van der Waals surface area contributed by atoms with Gasteiger partial charge >= 0.3 is 0 Å². The fraction of sp³-hybridized carbons (Fsp3) is 0.692. The van der Waals surface area contributed by atoms with E-state index < -0.39 is 0 Å². The van der Waals surface area contributed by atoms with E-state index in [1.807, 2.05) is 17.9 Å². The average molecular weight is 285 g/mol. The third kappa shape index (κ3) is 2.77. The Labute approximate surface area is 119 Å². The first-order valence-corrected chi connectivity index (χ1v) is 6.77. The minimum Gasteiger partial charge on any atom is -0.349 e. The molecule has 3 rings (SSSR count). The Balaban J connectivity index is 0.00000133. The molecule has 1 saturated heterocycles. The summed E-state index contributed by atoms with van der Waals surface area (Å²) < 4.78 is 1.94. The summed E-state index contributed by atoms with van der Waals surface area (Å²) in [7, 11) is 1.98. The molecular weight excluding hydrogens is 264 g/mol. The van der Waals surface area contributed by atoms with Crippen LogP contribution in [0.1, 0.15) is 36.6 Å². The molecule has 0 bridgehead atoms. The minimum absolute atomic E-state index is 0. The molecule has 2 atom stereocenters. The van der Waals surface area contributed by atoms with Crippen LogP contribution >= 0.6 is 12.4 Å². The van der Waals surface area contributed by atoms with E-state index in [1.165, 1.54) is 11.3 Å². The Morgan fingerprint density at radius 2 is 2.37 bits per heavy atom. The standard InChI is InChI=1S/C13H20N4O.ClH/c1-17-12-4-2-3-11(10(12)8-15-17)16-13(18)9-5-6-14-7-9;/h8-9,11,14H,2-7H2,1H3,(H,16,18);1H. The highest BCUT2D eigenvalue weighted by Crippen LogP contribution is 2.29. The number of rotatable bonds is 2. The van der Waals surface area contributed by atoms with Crippen LogP contribution in [-0.2, 0) is 18.3 Å². The van der Waals surface area contributed by atoms with Gasteiger partial charge in [0, 0.05) is 24.8 Å². The minimum atomic E-state index is 0. The lowest BCUT2D eigenvalue weighted by molar-refractivity contribution is -0.125. The van der Waals surface area contributed by atoms with Crippen molar-refractivity contribution in [3.05, 3.63) is 17.5 Å². The van der Waals surface area contributed by atoms with E-state index >= 15 is 0 Å². The molecule has 2 unspecified atom stereocenters. The van der Waals surface area contributed by atoms with Crippen molar-refractivity contribution in [1.82, 2.24) is 20.4 Å². The topological polar surface area (TPSA) is 59.0 Å². The van der Waals surface area contributed by atoms with Crippen LogP contribution in [0.5, 0.6) is 0 Å². The van der Waals surface area contributed by atoms with E-state index in [4.69, 9.17) is 0 Å². The van der Waals surface area contributed by atoms with Gasteiger partial charge in [0.25, 0.3) is 0 Å². The third-order valence-electron chi connectivity index (χ3n) is 4.12. The van der Waals surface area contributed by atoms with Crippen LogP contribution in [0.2, 0.25) is 0 Å². The summed E-state index contributed by atoms with van der Waals surface area (Å²) in [6, 6.07) is 0.163. The number of hydrogen-bond acceptors (Lipinski definition) is 3. The SMILES string of the molecule is Cl.Cn1ncc2c1CCCC2NC(=O)C1CCNC1. The maximum Gasteiger partial charge on any atom is 0.224 e. The molecular formula is C13H21ClN4O. The van der Waals surface area contributed by atoms with E-state index in [2.05, 4.69) is 15.7 Å². The molecule has 1 aromatic heterocycles. The molecule has 0 saturated carbocycles. The maximum absolute atomic E-state index is 12.2. The molecule has 5 nitrogen and oxygen atoms in total. The number of nitrogens with one attached hydrogen (secondary N) is 2. The van der Waals surface area contributed by atoms with Gasteiger partial charge in [-0.1, -0.05) is 0 Å². The van der Waals surface area contributed by atoms with E-state index in [0.717, 1.165) is 38.8 Å². The quantitative estimate of drug-likeness (QED) is 0.850. The van der Waals surface area contributed by atoms with Crippen molar-refractivity contribution in [3.63, 3.8) is 0 Å². The largest absolute Gasteiger partial charge is 0.349 e. The molecule has 2 heterocycles. The molecule has 1 aromatic rings. The number of carbonyl (C=O) groups is 1. The number of fused-ring (bicyclic) bond motifs is 1. The number of carbonyl (C=O) groups excluding carboxylic acids is 1. The van der Waals surface area contributed by atoms with Crippen molar-refractivity contribution in [3.8, 4) is 0 Å². The van der Waals surface area contributed by atoms with Gasteiger partial charge in [0.05, 0.1) is 18.2 Å². The molecule has 2 N–H and O–H groups in total. The summed E-state index contributed by atoms with van der Waals surface area (Å²) >= 11 is 0. The summed E-state index contributed by atoms with van der Waals surface area (Å²) in [5, 5.41) is 10.7. The second-order valence-corrected chi connectivity index (χ2v) is 5.31. The zero-order chi connectivity index (χ0) is 12.5. The molecule has 1 fully saturated rings. The molecule has 19 heavy (non-hydrogen) atoms. The second-order valence-electron chi connectivity index (χ2n) is 5.31. The molecule has 1 aliphatic carbocycles. The summed E-state index contributed by atoms with van der Waals surface area (Å²) in [5.74, 6) is 0.341. The number of amides is 1. The molecule has 0 radical (unpaired) electrons. The first kappa shape index (κ1) is 14.3. The molecule has 6 heteroatoms. The highest BCUT2D eigenvalue weighted by atomic mass is 35.5. The Kier molecular flexibility index (Phi) is 4.47. The van der Waals surface area contributed by atoms with Crippen molar-refractivity contribution in [1.29, 1.82) is 0 Å². The van der Waals surface area contributed by atoms with Gasteiger partial charge in [-0.25, -0.2) is 0 Å². The van der Waals surface area contributed by atoms with Crippen molar-refractivity contribution >= 4 is 18.3 Å². The lowest BCUT2D eigenvalue weighted by Gasteiger charge is -2.25. The molecule has 0 spiro atoms. The molecule has 0 aromatic carbocycles. The number of hydrogen-bond donors (Lipinski definition) is 2. The number of halogens is 1. The maximum atomic E-state index is 12.2. The van der Waals surface area contributed by atoms with Gasteiger partial charge in [0.15, 0.2) is 0 Å². The normalized spacial score (nSPS) is 25.5. The first-order valence-electron chi connectivity index (χ1n) is 6.77. The van der Waals surface area contributed by atoms with Gasteiger partial charge in [-0.15, -0.1) is 12.4 Å². The van der Waals surface area contributed by atoms with E-state index in [1.54, 1.807) is 0 Å². The smallest absolute Gasteiger partial charge is 0.224 e. The summed E-state index contributed by atoms with van der Waals surface area (Å²) in [6.07, 6.45) is 6.10. The van der Waals surface area contributed by atoms with Gasteiger partial charge < -0.3 is 10.6 Å². The van der Waals surface area contributed by atoms with Crippen molar-refractivity contribution < 1.29 is 4.79 Å². The van der Waals surface area contributed by atoms with Crippen LogP contribution < -0.4 is 10.6 Å². The van der Waals surface area contributed by atoms with Crippen LogP contribution in [0.25, 0.3) is 0 Å². The highest BCUT2D eigenvalue weighted by molar-refractivity contribution is 5.85. The molecule has 2 aliphatic rings. The fourth-order valence-electron chi connectivity index (χ4n) is 3.02. The average Bonchev–Trinajstić information content (AvgIpc) is 3.00. The number of aryl methyl sites for hydroxylation is 1. The third-order valence-corrected chi connectivity index (χ3v) is 4.12. The number of nitrogens with zero attached hydrogens (tertiary/aromatic N) is 2. The van der Waals surface area contributed by atoms with Gasteiger partial charge in [-0.2, -0.15) is 5.10 Å². The summed E-state index contributed by atoms with van der Waals surface area (Å²) in [5.41, 5.74) is 2.49. The zero-order valence-corrected chi connectivity index (χ0v) is 12.0. The zero-order valence-electron chi connectivity index (χ0n) is 11.2. The van der Waals surface area contributed by atoms with Crippen LogP contribution in [0.3, 0.4) is 0 Å². The monoisotopic (exact) mass is 284 g/mol. The Bertz CT molecular complexity index is 453. The Morgan fingerprint density at radius 3 is 3.11 bits per heavy atom. The number of aromatic nitrogens is 2. The van der Waals surface area contributed by atoms with Gasteiger partial charge in [0.1, 0.15) is 0 Å². The Morgan fingerprint density at radius 1 is 1.53 bits per heavy atom. The highest BCUT2D eigenvalue weighted by Gasteiger charge is 2.28. The van der Waals surface area contributed by atoms with Gasteiger partial charge in [-0.3, -0.25) is 9.48 Å². The van der Waals surface area contributed by atoms with E-state index in [-0.39, 0.29) is 30.3 Å². The van der Waals surface area contributed by atoms with Crippen molar-refractivity contribution in [2.24, 2.45) is 13.0 Å². The predicted octanol–water partition coefficient (Wildman–Crippen LogP) is 0.945. The summed E-state index contributed by atoms with van der Waals surface area (Å²) in [4.78, 5) is 12.2. The van der Waals surface area contributed by atoms with Gasteiger partial charge in [0.2, 0.25) is 5.91 Å². The first-order chi connectivity index (χ1) is 8.75. The second kappa shape index (κ2) is 5.92. The van der Waals surface area contributed by atoms with Gasteiger partial charge in [-0.05, 0) is 32.2 Å². The van der Waals surface area contributed by atoms with E-state index in [9.17, 15) is 4.79 Å². The van der Waals surface area contributed by atoms with Crippen LogP contribution in [0.15, 0.2) is 6.20 Å². The lowest BCUT2D eigenvalue weighted by Crippen LogP contribution is -2.36. The molecule has 106 valence electrons.